The second-order valence-corrected chi connectivity index (χ2v) is 10.0. The molecule has 7 nitrogen and oxygen atoms in total. The number of aromatic amines is 1. The number of fused-ring (bicyclic) bond motifs is 2. The third kappa shape index (κ3) is 6.59. The molecule has 1 aliphatic carbocycles. The van der Waals surface area contributed by atoms with E-state index in [2.05, 4.69) is 21.7 Å². The number of rotatable bonds is 12. The molecule has 1 heterocycles. The largest absolute Gasteiger partial charge is 0.497 e. The number of carbonyl (C=O) groups is 3. The molecule has 0 radical (unpaired) electrons. The van der Waals surface area contributed by atoms with Crippen molar-refractivity contribution in [1.82, 2.24) is 10.3 Å². The van der Waals surface area contributed by atoms with Crippen molar-refractivity contribution in [2.24, 2.45) is 0 Å². The minimum absolute atomic E-state index is 0.161. The predicted molar refractivity (Wildman–Crippen MR) is 146 cm³/mol. The Bertz CT molecular complexity index is 1290. The fourth-order valence-electron chi connectivity index (χ4n) is 5.25. The lowest BCUT2D eigenvalue weighted by atomic mass is 10.0. The van der Waals surface area contributed by atoms with E-state index in [-0.39, 0.29) is 24.0 Å². The lowest BCUT2D eigenvalue weighted by molar-refractivity contribution is -0.126. The van der Waals surface area contributed by atoms with Crippen LogP contribution < -0.4 is 15.4 Å². The molecule has 0 saturated heterocycles. The fourth-order valence-corrected chi connectivity index (χ4v) is 5.25. The first-order valence-corrected chi connectivity index (χ1v) is 13.2. The molecule has 4 rings (SSSR count). The predicted octanol–water partition coefficient (Wildman–Crippen LogP) is 5.18. The summed E-state index contributed by atoms with van der Waals surface area (Å²) in [5, 5.41) is 7.03. The number of H-pyrrole nitrogens is 1. The normalized spacial score (nSPS) is 13.3. The van der Waals surface area contributed by atoms with Gasteiger partial charge in [0.1, 0.15) is 17.6 Å². The molecule has 2 aromatic carbocycles. The van der Waals surface area contributed by atoms with Crippen molar-refractivity contribution in [3.8, 4) is 5.75 Å². The van der Waals surface area contributed by atoms with Gasteiger partial charge in [-0.2, -0.15) is 0 Å². The van der Waals surface area contributed by atoms with E-state index in [1.54, 1.807) is 14.0 Å². The van der Waals surface area contributed by atoms with Gasteiger partial charge in [-0.05, 0) is 86.9 Å². The van der Waals surface area contributed by atoms with Crippen LogP contribution in [0.2, 0.25) is 0 Å². The molecule has 0 aliphatic heterocycles. The monoisotopic (exact) mass is 503 g/mol. The van der Waals surface area contributed by atoms with E-state index >= 15 is 0 Å². The molecule has 0 saturated carbocycles. The van der Waals surface area contributed by atoms with Crippen LogP contribution in [0.15, 0.2) is 36.4 Å². The van der Waals surface area contributed by atoms with Crippen LogP contribution >= 0.6 is 0 Å². The lowest BCUT2D eigenvalue weighted by Gasteiger charge is -2.20. The van der Waals surface area contributed by atoms with Gasteiger partial charge in [0.2, 0.25) is 11.8 Å². The van der Waals surface area contributed by atoms with Gasteiger partial charge in [-0.15, -0.1) is 0 Å². The second-order valence-electron chi connectivity index (χ2n) is 10.0. The molecular weight excluding hydrogens is 466 g/mol. The number of benzene rings is 2. The number of anilines is 1. The van der Waals surface area contributed by atoms with Crippen LogP contribution in [0.4, 0.5) is 5.69 Å². The summed E-state index contributed by atoms with van der Waals surface area (Å²) >= 11 is 0. The number of hydrogen-bond acceptors (Lipinski definition) is 4. The number of methoxy groups -OCH3 is 1. The summed E-state index contributed by atoms with van der Waals surface area (Å²) in [6.07, 6.45) is 6.68. The number of carbonyl (C=O) groups excluding carboxylic acids is 3. The Morgan fingerprint density at radius 3 is 2.70 bits per heavy atom. The van der Waals surface area contributed by atoms with Gasteiger partial charge < -0.3 is 25.1 Å². The standard InChI is InChI=1S/C30H37N3O4/c1-19(34)9-5-4-6-13-28(30(36)33-26-14-8-11-21-10-7-12-23(21)26)32-29(35)18-24-20(2)31-27-16-15-22(37-3)17-25(24)27/h8,11,14-17,28,31H,4-7,9-10,12-13,18H2,1-3H3,(H,32,35)(H,33,36)/t28-/m0/s1. The highest BCUT2D eigenvalue weighted by Crippen LogP contribution is 2.29. The number of nitrogens with one attached hydrogen (secondary N) is 3. The summed E-state index contributed by atoms with van der Waals surface area (Å²) in [4.78, 5) is 41.2. The van der Waals surface area contributed by atoms with Crippen molar-refractivity contribution in [2.75, 3.05) is 12.4 Å². The van der Waals surface area contributed by atoms with Crippen LogP contribution in [0.25, 0.3) is 10.9 Å². The van der Waals surface area contributed by atoms with E-state index in [1.807, 2.05) is 37.3 Å². The minimum atomic E-state index is -0.651. The Hall–Kier alpha value is -3.61. The van der Waals surface area contributed by atoms with Gasteiger partial charge >= 0.3 is 0 Å². The average Bonchev–Trinajstić information content (AvgIpc) is 3.47. The topological polar surface area (TPSA) is 100 Å². The van der Waals surface area contributed by atoms with Crippen molar-refractivity contribution in [1.29, 1.82) is 0 Å². The average molecular weight is 504 g/mol. The van der Waals surface area contributed by atoms with Gasteiger partial charge in [-0.25, -0.2) is 0 Å². The van der Waals surface area contributed by atoms with Crippen LogP contribution in [-0.2, 0) is 33.6 Å². The van der Waals surface area contributed by atoms with Gasteiger partial charge in [-0.3, -0.25) is 9.59 Å². The fraction of sp³-hybridized carbons (Fsp3) is 0.433. The van der Waals surface area contributed by atoms with Crippen molar-refractivity contribution in [3.63, 3.8) is 0 Å². The number of ether oxygens (including phenoxy) is 1. The van der Waals surface area contributed by atoms with Gasteiger partial charge in [0, 0.05) is 28.7 Å². The number of unbranched alkanes of at least 4 members (excludes halogenated alkanes) is 2. The van der Waals surface area contributed by atoms with Crippen molar-refractivity contribution < 1.29 is 19.1 Å². The van der Waals surface area contributed by atoms with Crippen molar-refractivity contribution in [3.05, 3.63) is 58.8 Å². The number of Topliss-reactive ketones (excluding diaryl/α,β-unsaturated/α-hetero) is 1. The summed E-state index contributed by atoms with van der Waals surface area (Å²) in [6.45, 7) is 3.54. The molecular formula is C30H37N3O4. The van der Waals surface area contributed by atoms with Gasteiger partial charge in [0.25, 0.3) is 0 Å². The summed E-state index contributed by atoms with van der Waals surface area (Å²) in [7, 11) is 1.62. The molecule has 7 heteroatoms. The summed E-state index contributed by atoms with van der Waals surface area (Å²) in [5.41, 5.74) is 6.09. The highest BCUT2D eigenvalue weighted by atomic mass is 16.5. The first kappa shape index (κ1) is 26.5. The smallest absolute Gasteiger partial charge is 0.246 e. The number of aromatic nitrogens is 1. The zero-order valence-corrected chi connectivity index (χ0v) is 22.0. The molecule has 1 aromatic heterocycles. The zero-order valence-electron chi connectivity index (χ0n) is 22.0. The van der Waals surface area contributed by atoms with Crippen LogP contribution in [0.3, 0.4) is 0 Å². The maximum atomic E-state index is 13.4. The Kier molecular flexibility index (Phi) is 8.64. The first-order chi connectivity index (χ1) is 17.9. The van der Waals surface area contributed by atoms with E-state index < -0.39 is 6.04 Å². The third-order valence-corrected chi connectivity index (χ3v) is 7.24. The maximum absolute atomic E-state index is 13.4. The van der Waals surface area contributed by atoms with Gasteiger partial charge in [-0.1, -0.05) is 25.0 Å². The molecule has 2 amide bonds. The summed E-state index contributed by atoms with van der Waals surface area (Å²) in [6, 6.07) is 11.1. The van der Waals surface area contributed by atoms with Crippen LogP contribution in [0.5, 0.6) is 5.75 Å². The zero-order chi connectivity index (χ0) is 26.4. The molecule has 196 valence electrons. The molecule has 0 spiro atoms. The van der Waals surface area contributed by atoms with E-state index in [0.717, 1.165) is 72.1 Å². The number of hydrogen-bond donors (Lipinski definition) is 3. The quantitative estimate of drug-likeness (QED) is 0.297. The Labute approximate surface area is 218 Å². The Morgan fingerprint density at radius 1 is 1.08 bits per heavy atom. The van der Waals surface area contributed by atoms with E-state index in [0.29, 0.717) is 12.8 Å². The van der Waals surface area contributed by atoms with Gasteiger partial charge in [0.05, 0.1) is 13.5 Å². The van der Waals surface area contributed by atoms with Crippen molar-refractivity contribution >= 4 is 34.2 Å². The van der Waals surface area contributed by atoms with Crippen LogP contribution in [0.1, 0.15) is 67.8 Å². The second kappa shape index (κ2) is 12.1. The number of aryl methyl sites for hydroxylation is 2. The third-order valence-electron chi connectivity index (χ3n) is 7.24. The molecule has 3 N–H and O–H groups in total. The highest BCUT2D eigenvalue weighted by Gasteiger charge is 2.24. The van der Waals surface area contributed by atoms with Gasteiger partial charge in [0.15, 0.2) is 0 Å². The molecule has 1 aliphatic rings. The molecule has 0 fully saturated rings. The molecule has 37 heavy (non-hydrogen) atoms. The molecule has 0 bridgehead atoms. The van der Waals surface area contributed by atoms with E-state index in [1.165, 1.54) is 11.1 Å². The van der Waals surface area contributed by atoms with E-state index in [9.17, 15) is 14.4 Å². The Balaban J connectivity index is 1.47. The minimum Gasteiger partial charge on any atom is -0.497 e. The van der Waals surface area contributed by atoms with E-state index in [4.69, 9.17) is 4.74 Å². The lowest BCUT2D eigenvalue weighted by Crippen LogP contribution is -2.44. The maximum Gasteiger partial charge on any atom is 0.246 e. The Morgan fingerprint density at radius 2 is 1.92 bits per heavy atom. The SMILES string of the molecule is COc1ccc2[nH]c(C)c(CC(=O)N[C@@H](CCCCCC(C)=O)C(=O)Nc3cccc4c3CCC4)c2c1. The number of amides is 2. The summed E-state index contributed by atoms with van der Waals surface area (Å²) < 4.78 is 5.37. The van der Waals surface area contributed by atoms with Crippen molar-refractivity contribution in [2.45, 2.75) is 77.7 Å². The summed E-state index contributed by atoms with van der Waals surface area (Å²) in [5.74, 6) is 0.504. The van der Waals surface area contributed by atoms with Crippen LogP contribution in [0, 0.1) is 6.92 Å². The highest BCUT2D eigenvalue weighted by molar-refractivity contribution is 5.99. The molecule has 0 unspecified atom stereocenters. The number of ketones is 1. The van der Waals surface area contributed by atoms with Crippen LogP contribution in [-0.4, -0.2) is 35.7 Å². The molecule has 1 atom stereocenters. The molecule has 3 aromatic rings. The first-order valence-electron chi connectivity index (χ1n) is 13.2.